The van der Waals surface area contributed by atoms with Gasteiger partial charge in [-0.1, -0.05) is 31.9 Å². The van der Waals surface area contributed by atoms with Crippen LogP contribution in [0.15, 0.2) is 24.3 Å². The van der Waals surface area contributed by atoms with Gasteiger partial charge < -0.3 is 9.88 Å². The number of nitrogens with zero attached hydrogens (tertiary/aromatic N) is 2. The van der Waals surface area contributed by atoms with E-state index in [1.54, 1.807) is 12.1 Å². The van der Waals surface area contributed by atoms with Crippen LogP contribution in [0.3, 0.4) is 0 Å². The topological polar surface area (TPSA) is 76.0 Å². The molecule has 1 saturated carbocycles. The number of amides is 3. The summed E-state index contributed by atoms with van der Waals surface area (Å²) in [6.45, 7) is 1.38. The third-order valence-corrected chi connectivity index (χ3v) is 4.89. The number of nitrogens with one attached hydrogen (secondary N) is 2. The number of urea groups is 1. The van der Waals surface area contributed by atoms with E-state index < -0.39 is 30.5 Å². The first-order chi connectivity index (χ1) is 12.8. The first-order valence-corrected chi connectivity index (χ1v) is 8.88. The number of fused-ring (bicyclic) bond motifs is 1. The molecule has 146 valence electrons. The average Bonchev–Trinajstić information content (AvgIpc) is 2.96. The Kier molecular flexibility index (Phi) is 5.38. The molecule has 0 aliphatic heterocycles. The van der Waals surface area contributed by atoms with Crippen molar-refractivity contribution in [1.82, 2.24) is 20.2 Å². The summed E-state index contributed by atoms with van der Waals surface area (Å²) in [5, 5.41) is 4.87. The van der Waals surface area contributed by atoms with Gasteiger partial charge in [0.1, 0.15) is 6.54 Å². The quantitative estimate of drug-likeness (QED) is 0.854. The molecule has 2 aromatic rings. The van der Waals surface area contributed by atoms with Crippen LogP contribution in [0.2, 0.25) is 0 Å². The largest absolute Gasteiger partial charge is 0.449 e. The molecule has 0 bridgehead atoms. The van der Waals surface area contributed by atoms with E-state index in [-0.39, 0.29) is 17.1 Å². The molecule has 2 atom stereocenters. The van der Waals surface area contributed by atoms with Crippen LogP contribution in [-0.4, -0.2) is 27.5 Å². The van der Waals surface area contributed by atoms with Gasteiger partial charge in [0.15, 0.2) is 0 Å². The zero-order valence-corrected chi connectivity index (χ0v) is 14.8. The molecule has 3 rings (SSSR count). The molecule has 1 aromatic heterocycles. The number of alkyl halides is 3. The third kappa shape index (κ3) is 4.40. The second-order valence-corrected chi connectivity index (χ2v) is 6.90. The summed E-state index contributed by atoms with van der Waals surface area (Å²) in [5.41, 5.74) is 0.319. The Morgan fingerprint density at radius 1 is 1.22 bits per heavy atom. The number of benzene rings is 1. The van der Waals surface area contributed by atoms with Gasteiger partial charge in [0.2, 0.25) is 11.7 Å². The average molecular weight is 382 g/mol. The summed E-state index contributed by atoms with van der Waals surface area (Å²) >= 11 is 0. The molecule has 1 fully saturated rings. The monoisotopic (exact) mass is 382 g/mol. The minimum absolute atomic E-state index is 0.0358. The van der Waals surface area contributed by atoms with Gasteiger partial charge in [0.25, 0.3) is 0 Å². The van der Waals surface area contributed by atoms with E-state index in [0.717, 1.165) is 30.3 Å². The maximum absolute atomic E-state index is 13.3. The number of para-hydroxylation sites is 2. The number of rotatable bonds is 3. The molecule has 0 radical (unpaired) electrons. The molecule has 0 saturated heterocycles. The van der Waals surface area contributed by atoms with Crippen LogP contribution < -0.4 is 10.6 Å². The highest BCUT2D eigenvalue weighted by Gasteiger charge is 2.38. The van der Waals surface area contributed by atoms with Crippen molar-refractivity contribution in [2.75, 3.05) is 0 Å². The molecule has 9 heteroatoms. The van der Waals surface area contributed by atoms with E-state index in [0.29, 0.717) is 5.92 Å². The molecular weight excluding hydrogens is 361 g/mol. The lowest BCUT2D eigenvalue weighted by Crippen LogP contribution is -2.48. The van der Waals surface area contributed by atoms with Crippen molar-refractivity contribution >= 4 is 23.0 Å². The molecule has 2 N–H and O–H groups in total. The lowest BCUT2D eigenvalue weighted by Gasteiger charge is -2.29. The van der Waals surface area contributed by atoms with E-state index in [1.165, 1.54) is 12.1 Å². The van der Waals surface area contributed by atoms with Crippen LogP contribution in [0.5, 0.6) is 0 Å². The minimum Gasteiger partial charge on any atom is -0.335 e. The predicted octanol–water partition coefficient (Wildman–Crippen LogP) is 3.46. The molecule has 1 aromatic carbocycles. The van der Waals surface area contributed by atoms with Crippen molar-refractivity contribution < 1.29 is 22.8 Å². The smallest absolute Gasteiger partial charge is 0.335 e. The van der Waals surface area contributed by atoms with Gasteiger partial charge in [-0.3, -0.25) is 10.1 Å². The van der Waals surface area contributed by atoms with E-state index in [4.69, 9.17) is 0 Å². The highest BCUT2D eigenvalue weighted by Crippen LogP contribution is 2.31. The molecule has 3 amide bonds. The summed E-state index contributed by atoms with van der Waals surface area (Å²) in [5.74, 6) is -1.70. The van der Waals surface area contributed by atoms with Gasteiger partial charge in [0.05, 0.1) is 11.0 Å². The zero-order valence-electron chi connectivity index (χ0n) is 14.8. The lowest BCUT2D eigenvalue weighted by molar-refractivity contribution is -0.147. The first-order valence-electron chi connectivity index (χ1n) is 8.88. The summed E-state index contributed by atoms with van der Waals surface area (Å²) in [7, 11) is 0. The summed E-state index contributed by atoms with van der Waals surface area (Å²) in [6, 6.07) is 5.31. The van der Waals surface area contributed by atoms with E-state index in [1.807, 2.05) is 6.92 Å². The molecular formula is C18H21F3N4O2. The molecule has 1 heterocycles. The highest BCUT2D eigenvalue weighted by atomic mass is 19.4. The van der Waals surface area contributed by atoms with Gasteiger partial charge in [0, 0.05) is 6.04 Å². The molecule has 1 aliphatic rings. The summed E-state index contributed by atoms with van der Waals surface area (Å²) in [4.78, 5) is 27.8. The second kappa shape index (κ2) is 7.58. The van der Waals surface area contributed by atoms with Crippen molar-refractivity contribution in [1.29, 1.82) is 0 Å². The van der Waals surface area contributed by atoms with Gasteiger partial charge in [-0.25, -0.2) is 9.78 Å². The number of hydrogen-bond acceptors (Lipinski definition) is 3. The maximum Gasteiger partial charge on any atom is 0.449 e. The highest BCUT2D eigenvalue weighted by molar-refractivity contribution is 5.95. The predicted molar refractivity (Wildman–Crippen MR) is 92.8 cm³/mol. The molecule has 6 nitrogen and oxygen atoms in total. The van der Waals surface area contributed by atoms with Crippen LogP contribution in [0, 0.1) is 5.92 Å². The Balaban J connectivity index is 1.71. The Labute approximate surface area is 154 Å². The van der Waals surface area contributed by atoms with Crippen LogP contribution >= 0.6 is 0 Å². The van der Waals surface area contributed by atoms with Gasteiger partial charge in [-0.15, -0.1) is 0 Å². The van der Waals surface area contributed by atoms with Crippen molar-refractivity contribution in [3.05, 3.63) is 30.1 Å². The van der Waals surface area contributed by atoms with E-state index >= 15 is 0 Å². The number of halogens is 3. The zero-order chi connectivity index (χ0) is 19.6. The Morgan fingerprint density at radius 2 is 1.93 bits per heavy atom. The fraction of sp³-hybridized carbons (Fsp3) is 0.500. The Bertz CT molecular complexity index is 847. The van der Waals surface area contributed by atoms with Crippen LogP contribution in [0.4, 0.5) is 18.0 Å². The van der Waals surface area contributed by atoms with Gasteiger partial charge >= 0.3 is 12.2 Å². The number of carbonyl (C=O) groups excluding carboxylic acids is 2. The molecule has 27 heavy (non-hydrogen) atoms. The standard InChI is InChI=1S/C18H21F3N4O2/c1-11-6-2-3-7-12(11)23-17(27)24-15(26)10-25-14-9-5-4-8-13(14)22-16(25)18(19,20)21/h4-5,8-9,11-12H,2-3,6-7,10H2,1H3,(H2,23,24,26,27)/t11-,12+/m0/s1. The number of imide groups is 1. The van der Waals surface area contributed by atoms with Gasteiger partial charge in [-0.2, -0.15) is 13.2 Å². The second-order valence-electron chi connectivity index (χ2n) is 6.90. The Morgan fingerprint density at radius 3 is 2.63 bits per heavy atom. The normalized spacial score (nSPS) is 20.4. The first kappa shape index (κ1) is 19.2. The molecule has 1 aliphatic carbocycles. The Hall–Kier alpha value is -2.58. The van der Waals surface area contributed by atoms with Crippen LogP contribution in [0.25, 0.3) is 11.0 Å². The fourth-order valence-corrected chi connectivity index (χ4v) is 3.50. The summed E-state index contributed by atoms with van der Waals surface area (Å²) < 4.78 is 40.6. The molecule has 0 unspecified atom stereocenters. The van der Waals surface area contributed by atoms with Crippen molar-refractivity contribution in [2.45, 2.75) is 51.4 Å². The maximum atomic E-state index is 13.3. The minimum atomic E-state index is -4.71. The number of imidazole rings is 1. The third-order valence-electron chi connectivity index (χ3n) is 4.89. The number of aromatic nitrogens is 2. The van der Waals surface area contributed by atoms with E-state index in [2.05, 4.69) is 15.6 Å². The van der Waals surface area contributed by atoms with Crippen molar-refractivity contribution in [2.24, 2.45) is 5.92 Å². The van der Waals surface area contributed by atoms with Crippen LogP contribution in [-0.2, 0) is 17.5 Å². The van der Waals surface area contributed by atoms with Gasteiger partial charge in [-0.05, 0) is 30.9 Å². The van der Waals surface area contributed by atoms with E-state index in [9.17, 15) is 22.8 Å². The van der Waals surface area contributed by atoms with Crippen molar-refractivity contribution in [3.63, 3.8) is 0 Å². The number of hydrogen-bond donors (Lipinski definition) is 2. The van der Waals surface area contributed by atoms with Crippen molar-refractivity contribution in [3.8, 4) is 0 Å². The fourth-order valence-electron chi connectivity index (χ4n) is 3.50. The molecule has 0 spiro atoms. The SMILES string of the molecule is C[C@H]1CCCC[C@H]1NC(=O)NC(=O)Cn1c(C(F)(F)F)nc2ccccc21. The number of carbonyl (C=O) groups is 2. The lowest BCUT2D eigenvalue weighted by atomic mass is 9.86. The van der Waals surface area contributed by atoms with Crippen LogP contribution in [0.1, 0.15) is 38.4 Å². The summed E-state index contributed by atoms with van der Waals surface area (Å²) in [6.07, 6.45) is -0.784.